The zero-order valence-corrected chi connectivity index (χ0v) is 13.4. The van der Waals surface area contributed by atoms with Gasteiger partial charge in [-0.3, -0.25) is 0 Å². The Kier molecular flexibility index (Phi) is 4.39. The maximum absolute atomic E-state index is 12.7. The van der Waals surface area contributed by atoms with Crippen LogP contribution in [0.2, 0.25) is 0 Å². The van der Waals surface area contributed by atoms with Crippen molar-refractivity contribution in [2.24, 2.45) is 0 Å². The molecule has 0 aliphatic carbocycles. The summed E-state index contributed by atoms with van der Waals surface area (Å²) in [6.45, 7) is 3.96. The van der Waals surface area contributed by atoms with Crippen molar-refractivity contribution in [1.82, 2.24) is 4.31 Å². The van der Waals surface area contributed by atoms with E-state index in [9.17, 15) is 8.42 Å². The molecule has 0 aliphatic rings. The summed E-state index contributed by atoms with van der Waals surface area (Å²) < 4.78 is 37.1. The molecule has 0 unspecified atom stereocenters. The third-order valence-corrected chi connectivity index (χ3v) is 5.25. The van der Waals surface area contributed by atoms with Gasteiger partial charge in [-0.05, 0) is 49.2 Å². The molecule has 0 saturated carbocycles. The minimum Gasteiger partial charge on any atom is -0.495 e. The van der Waals surface area contributed by atoms with Gasteiger partial charge in [-0.25, -0.2) is 8.42 Å². The van der Waals surface area contributed by atoms with Gasteiger partial charge in [0.25, 0.3) is 0 Å². The Hall–Kier alpha value is -1.79. The van der Waals surface area contributed by atoms with Crippen molar-refractivity contribution >= 4 is 10.0 Å². The second-order valence-electron chi connectivity index (χ2n) is 4.93. The van der Waals surface area contributed by atoms with Crippen LogP contribution in [-0.2, 0) is 16.6 Å². The number of hydrogen-bond acceptors (Lipinski definition) is 4. The van der Waals surface area contributed by atoms with Crippen molar-refractivity contribution in [3.8, 4) is 5.75 Å². The lowest BCUT2D eigenvalue weighted by Gasteiger charge is -2.19. The zero-order chi connectivity index (χ0) is 15.6. The number of rotatable bonds is 5. The summed E-state index contributed by atoms with van der Waals surface area (Å²) in [5.41, 5.74) is 1.89. The molecule has 2 aromatic rings. The molecular formula is C15H19NO4S. The predicted molar refractivity (Wildman–Crippen MR) is 79.8 cm³/mol. The van der Waals surface area contributed by atoms with Crippen LogP contribution in [0.15, 0.2) is 39.8 Å². The Bertz CT molecular complexity index is 720. The van der Waals surface area contributed by atoms with Crippen LogP contribution < -0.4 is 4.74 Å². The second kappa shape index (κ2) is 5.91. The summed E-state index contributed by atoms with van der Waals surface area (Å²) in [5.74, 6) is 0.938. The van der Waals surface area contributed by atoms with Crippen molar-refractivity contribution in [2.75, 3.05) is 14.2 Å². The first-order chi connectivity index (χ1) is 9.86. The molecule has 0 fully saturated rings. The number of benzene rings is 1. The third-order valence-electron chi connectivity index (χ3n) is 3.43. The number of nitrogens with zero attached hydrogens (tertiary/aromatic N) is 1. The van der Waals surface area contributed by atoms with E-state index in [2.05, 4.69) is 0 Å². The van der Waals surface area contributed by atoms with Gasteiger partial charge in [-0.2, -0.15) is 4.31 Å². The van der Waals surface area contributed by atoms with Gasteiger partial charge < -0.3 is 9.15 Å². The van der Waals surface area contributed by atoms with Gasteiger partial charge in [0.1, 0.15) is 16.4 Å². The van der Waals surface area contributed by atoms with E-state index in [0.29, 0.717) is 11.5 Å². The summed E-state index contributed by atoms with van der Waals surface area (Å²) in [6, 6.07) is 6.85. The molecule has 5 nitrogen and oxygen atoms in total. The lowest BCUT2D eigenvalue weighted by atomic mass is 10.1. The normalized spacial score (nSPS) is 11.9. The van der Waals surface area contributed by atoms with Gasteiger partial charge in [-0.1, -0.05) is 0 Å². The van der Waals surface area contributed by atoms with Crippen LogP contribution >= 0.6 is 0 Å². The lowest BCUT2D eigenvalue weighted by Crippen LogP contribution is -2.26. The average molecular weight is 309 g/mol. The summed E-state index contributed by atoms with van der Waals surface area (Å²) in [4.78, 5) is 0.169. The first kappa shape index (κ1) is 15.6. The molecule has 0 N–H and O–H groups in total. The van der Waals surface area contributed by atoms with Crippen LogP contribution in [0.3, 0.4) is 0 Å². The topological polar surface area (TPSA) is 59.8 Å². The number of ether oxygens (including phenoxy) is 1. The Morgan fingerprint density at radius 3 is 2.48 bits per heavy atom. The molecule has 2 rings (SSSR count). The number of hydrogen-bond donors (Lipinski definition) is 0. The van der Waals surface area contributed by atoms with Crippen LogP contribution in [-0.4, -0.2) is 26.9 Å². The highest BCUT2D eigenvalue weighted by molar-refractivity contribution is 7.89. The summed E-state index contributed by atoms with van der Waals surface area (Å²) in [6.07, 6.45) is 1.52. The molecule has 0 atom stereocenters. The lowest BCUT2D eigenvalue weighted by molar-refractivity contribution is 0.388. The largest absolute Gasteiger partial charge is 0.495 e. The van der Waals surface area contributed by atoms with Crippen molar-refractivity contribution in [3.63, 3.8) is 0 Å². The average Bonchev–Trinajstić information content (AvgIpc) is 2.94. The Morgan fingerprint density at radius 2 is 1.90 bits per heavy atom. The van der Waals surface area contributed by atoms with Gasteiger partial charge in [0.15, 0.2) is 0 Å². The number of aryl methyl sites for hydroxylation is 2. The van der Waals surface area contributed by atoms with Crippen LogP contribution in [0.4, 0.5) is 0 Å². The molecule has 0 radical (unpaired) electrons. The standard InChI is InChI=1S/C15H19NO4S/c1-11-8-14(19-4)15(9-12(11)2)21(17,18)16(3)10-13-6-5-7-20-13/h5-9H,10H2,1-4H3. The van der Waals surface area contributed by atoms with Gasteiger partial charge in [0.2, 0.25) is 10.0 Å². The molecule has 21 heavy (non-hydrogen) atoms. The van der Waals surface area contributed by atoms with Crippen molar-refractivity contribution in [3.05, 3.63) is 47.4 Å². The molecule has 0 saturated heterocycles. The minimum atomic E-state index is -3.65. The van der Waals surface area contributed by atoms with Gasteiger partial charge in [0.05, 0.1) is 19.9 Å². The first-order valence-corrected chi connectivity index (χ1v) is 7.94. The first-order valence-electron chi connectivity index (χ1n) is 6.50. The maximum atomic E-state index is 12.7. The molecule has 1 heterocycles. The molecule has 6 heteroatoms. The van der Waals surface area contributed by atoms with Crippen LogP contribution in [0.5, 0.6) is 5.75 Å². The second-order valence-corrected chi connectivity index (χ2v) is 6.94. The molecule has 1 aromatic carbocycles. The number of furan rings is 1. The molecule has 0 bridgehead atoms. The van der Waals surface area contributed by atoms with E-state index in [-0.39, 0.29) is 11.4 Å². The Balaban J connectivity index is 2.41. The molecule has 114 valence electrons. The highest BCUT2D eigenvalue weighted by Crippen LogP contribution is 2.29. The quantitative estimate of drug-likeness (QED) is 0.852. The molecule has 0 aliphatic heterocycles. The fourth-order valence-corrected chi connectivity index (χ4v) is 3.35. The number of methoxy groups -OCH3 is 1. The van der Waals surface area contributed by atoms with Gasteiger partial charge >= 0.3 is 0 Å². The van der Waals surface area contributed by atoms with E-state index in [1.54, 1.807) is 24.3 Å². The van der Waals surface area contributed by atoms with Crippen molar-refractivity contribution in [1.29, 1.82) is 0 Å². The van der Waals surface area contributed by atoms with Crippen molar-refractivity contribution in [2.45, 2.75) is 25.3 Å². The molecule has 0 spiro atoms. The molecule has 1 aromatic heterocycles. The zero-order valence-electron chi connectivity index (χ0n) is 12.6. The predicted octanol–water partition coefficient (Wildman–Crippen LogP) is 2.73. The fraction of sp³-hybridized carbons (Fsp3) is 0.333. The maximum Gasteiger partial charge on any atom is 0.246 e. The van der Waals surface area contributed by atoms with Gasteiger partial charge in [-0.15, -0.1) is 0 Å². The summed E-state index contributed by atoms with van der Waals surface area (Å²) in [7, 11) is -0.661. The Morgan fingerprint density at radius 1 is 1.24 bits per heavy atom. The van der Waals surface area contributed by atoms with E-state index >= 15 is 0 Å². The third kappa shape index (κ3) is 3.11. The van der Waals surface area contributed by atoms with Crippen LogP contribution in [0.1, 0.15) is 16.9 Å². The highest BCUT2D eigenvalue weighted by atomic mass is 32.2. The highest BCUT2D eigenvalue weighted by Gasteiger charge is 2.26. The summed E-state index contributed by atoms with van der Waals surface area (Å²) >= 11 is 0. The minimum absolute atomic E-state index is 0.169. The SMILES string of the molecule is COc1cc(C)c(C)cc1S(=O)(=O)N(C)Cc1ccco1. The monoisotopic (exact) mass is 309 g/mol. The smallest absolute Gasteiger partial charge is 0.246 e. The van der Waals surface area contributed by atoms with Gasteiger partial charge in [0, 0.05) is 7.05 Å². The summed E-state index contributed by atoms with van der Waals surface area (Å²) in [5, 5.41) is 0. The van der Waals surface area contributed by atoms with E-state index < -0.39 is 10.0 Å². The Labute approximate surface area is 125 Å². The van der Waals surface area contributed by atoms with Crippen LogP contribution in [0, 0.1) is 13.8 Å². The molecule has 0 amide bonds. The van der Waals surface area contributed by atoms with E-state index in [1.807, 2.05) is 13.8 Å². The fourth-order valence-electron chi connectivity index (χ4n) is 2.00. The number of sulfonamides is 1. The van der Waals surface area contributed by atoms with Crippen LogP contribution in [0.25, 0.3) is 0 Å². The van der Waals surface area contributed by atoms with E-state index in [1.165, 1.54) is 24.7 Å². The van der Waals surface area contributed by atoms with E-state index in [4.69, 9.17) is 9.15 Å². The van der Waals surface area contributed by atoms with Crippen molar-refractivity contribution < 1.29 is 17.6 Å². The molecular weight excluding hydrogens is 290 g/mol. The van der Waals surface area contributed by atoms with E-state index in [0.717, 1.165) is 11.1 Å².